The molecule has 0 heterocycles. The standard InChI is InChI=1S/C13H22O/c1-3-5-6-7-10-13(9-4-2)11-8-12-14/h12-13H,3-7,9-10H2,1-2H3. The zero-order valence-corrected chi connectivity index (χ0v) is 9.51. The van der Waals surface area contributed by atoms with Crippen LogP contribution in [-0.4, -0.2) is 6.29 Å². The van der Waals surface area contributed by atoms with Crippen LogP contribution in [0.4, 0.5) is 0 Å². The number of aldehydes is 1. The molecule has 0 fully saturated rings. The first-order chi connectivity index (χ1) is 6.85. The molecule has 0 saturated heterocycles. The SMILES string of the molecule is CCCCCCC(C#CC=O)CCC. The predicted molar refractivity (Wildman–Crippen MR) is 61.0 cm³/mol. The van der Waals surface area contributed by atoms with Crippen LogP contribution in [0.3, 0.4) is 0 Å². The maximum atomic E-state index is 10.1. The van der Waals surface area contributed by atoms with Gasteiger partial charge in [-0.1, -0.05) is 51.9 Å². The van der Waals surface area contributed by atoms with Crippen molar-refractivity contribution in [2.75, 3.05) is 0 Å². The van der Waals surface area contributed by atoms with Gasteiger partial charge >= 0.3 is 0 Å². The van der Waals surface area contributed by atoms with Gasteiger partial charge in [0.2, 0.25) is 0 Å². The highest BCUT2D eigenvalue weighted by Gasteiger charge is 2.02. The van der Waals surface area contributed by atoms with Gasteiger partial charge in [0.25, 0.3) is 0 Å². The van der Waals surface area contributed by atoms with E-state index in [-0.39, 0.29) is 0 Å². The molecule has 80 valence electrons. The molecule has 1 atom stereocenters. The topological polar surface area (TPSA) is 17.1 Å². The zero-order valence-electron chi connectivity index (χ0n) is 9.51. The third kappa shape index (κ3) is 7.86. The average molecular weight is 194 g/mol. The van der Waals surface area contributed by atoms with Crippen LogP contribution in [0.2, 0.25) is 0 Å². The minimum Gasteiger partial charge on any atom is -0.289 e. The lowest BCUT2D eigenvalue weighted by molar-refractivity contribution is -0.103. The van der Waals surface area contributed by atoms with Gasteiger partial charge in [0.05, 0.1) is 0 Å². The van der Waals surface area contributed by atoms with Crippen LogP contribution in [0, 0.1) is 17.8 Å². The Labute approximate surface area is 88.3 Å². The summed E-state index contributed by atoms with van der Waals surface area (Å²) in [5.74, 6) is 6.02. The van der Waals surface area contributed by atoms with Crippen LogP contribution >= 0.6 is 0 Å². The number of hydrogen-bond donors (Lipinski definition) is 0. The third-order valence-electron chi connectivity index (χ3n) is 2.39. The van der Waals surface area contributed by atoms with E-state index in [2.05, 4.69) is 25.7 Å². The quantitative estimate of drug-likeness (QED) is 0.344. The van der Waals surface area contributed by atoms with E-state index in [1.165, 1.54) is 25.7 Å². The first kappa shape index (κ1) is 13.2. The molecule has 0 spiro atoms. The molecule has 0 rings (SSSR count). The van der Waals surface area contributed by atoms with Gasteiger partial charge in [0.15, 0.2) is 6.29 Å². The first-order valence-electron chi connectivity index (χ1n) is 5.79. The summed E-state index contributed by atoms with van der Waals surface area (Å²) in [6.07, 6.45) is 9.31. The van der Waals surface area contributed by atoms with Crippen molar-refractivity contribution in [1.29, 1.82) is 0 Å². The monoisotopic (exact) mass is 194 g/mol. The Morgan fingerprint density at radius 1 is 1.07 bits per heavy atom. The highest BCUT2D eigenvalue weighted by molar-refractivity contribution is 5.72. The Bertz CT molecular complexity index is 185. The lowest BCUT2D eigenvalue weighted by Crippen LogP contribution is -1.97. The fourth-order valence-corrected chi connectivity index (χ4v) is 1.61. The lowest BCUT2D eigenvalue weighted by Gasteiger charge is -2.08. The van der Waals surface area contributed by atoms with Gasteiger partial charge in [-0.05, 0) is 18.8 Å². The van der Waals surface area contributed by atoms with Gasteiger partial charge in [-0.25, -0.2) is 0 Å². The Hall–Kier alpha value is -0.770. The molecule has 0 saturated carbocycles. The Morgan fingerprint density at radius 2 is 1.86 bits per heavy atom. The third-order valence-corrected chi connectivity index (χ3v) is 2.39. The smallest absolute Gasteiger partial charge is 0.192 e. The molecule has 0 aliphatic heterocycles. The minimum atomic E-state index is 0.446. The summed E-state index contributed by atoms with van der Waals surface area (Å²) >= 11 is 0. The van der Waals surface area contributed by atoms with Crippen LogP contribution in [0.15, 0.2) is 0 Å². The van der Waals surface area contributed by atoms with E-state index in [0.29, 0.717) is 12.2 Å². The predicted octanol–water partition coefficient (Wildman–Crippen LogP) is 3.58. The molecule has 1 heteroatoms. The number of unbranched alkanes of at least 4 members (excludes halogenated alkanes) is 3. The van der Waals surface area contributed by atoms with Crippen LogP contribution in [-0.2, 0) is 4.79 Å². The van der Waals surface area contributed by atoms with Gasteiger partial charge in [-0.3, -0.25) is 4.79 Å². The largest absolute Gasteiger partial charge is 0.289 e. The van der Waals surface area contributed by atoms with Crippen LogP contribution in [0.25, 0.3) is 0 Å². The molecule has 0 aliphatic rings. The molecule has 1 nitrogen and oxygen atoms in total. The van der Waals surface area contributed by atoms with Crippen molar-refractivity contribution in [3.8, 4) is 11.8 Å². The molecule has 0 aromatic heterocycles. The number of rotatable bonds is 7. The molecule has 0 aromatic rings. The summed E-state index contributed by atoms with van der Waals surface area (Å²) in [6.45, 7) is 4.39. The van der Waals surface area contributed by atoms with Crippen LogP contribution in [0.5, 0.6) is 0 Å². The Kier molecular flexibility index (Phi) is 9.74. The first-order valence-corrected chi connectivity index (χ1v) is 5.79. The Morgan fingerprint density at radius 3 is 2.43 bits per heavy atom. The highest BCUT2D eigenvalue weighted by atomic mass is 16.1. The van der Waals surface area contributed by atoms with Crippen molar-refractivity contribution < 1.29 is 4.79 Å². The van der Waals surface area contributed by atoms with Gasteiger partial charge < -0.3 is 0 Å². The van der Waals surface area contributed by atoms with Crippen LogP contribution < -0.4 is 0 Å². The zero-order chi connectivity index (χ0) is 10.6. The summed E-state index contributed by atoms with van der Waals surface area (Å²) in [5, 5.41) is 0. The fraction of sp³-hybridized carbons (Fsp3) is 0.769. The van der Waals surface area contributed by atoms with E-state index in [1.54, 1.807) is 0 Å². The minimum absolute atomic E-state index is 0.446. The fourth-order valence-electron chi connectivity index (χ4n) is 1.61. The lowest BCUT2D eigenvalue weighted by atomic mass is 9.97. The maximum absolute atomic E-state index is 10.1. The highest BCUT2D eigenvalue weighted by Crippen LogP contribution is 2.15. The molecule has 14 heavy (non-hydrogen) atoms. The van der Waals surface area contributed by atoms with Crippen molar-refractivity contribution in [2.45, 2.75) is 58.8 Å². The van der Waals surface area contributed by atoms with Gasteiger partial charge in [-0.2, -0.15) is 0 Å². The van der Waals surface area contributed by atoms with Crippen LogP contribution in [0.1, 0.15) is 58.8 Å². The van der Waals surface area contributed by atoms with Crippen molar-refractivity contribution in [2.24, 2.45) is 5.92 Å². The molecule has 0 bridgehead atoms. The average Bonchev–Trinajstić information content (AvgIpc) is 2.20. The molecule has 0 amide bonds. The number of carbonyl (C=O) groups excluding carboxylic acids is 1. The number of carbonyl (C=O) groups is 1. The van der Waals surface area contributed by atoms with Crippen molar-refractivity contribution in [3.63, 3.8) is 0 Å². The Balaban J connectivity index is 3.67. The van der Waals surface area contributed by atoms with Crippen molar-refractivity contribution in [1.82, 2.24) is 0 Å². The summed E-state index contributed by atoms with van der Waals surface area (Å²) < 4.78 is 0. The number of hydrogen-bond acceptors (Lipinski definition) is 1. The van der Waals surface area contributed by atoms with Crippen molar-refractivity contribution in [3.05, 3.63) is 0 Å². The molecule has 0 aliphatic carbocycles. The van der Waals surface area contributed by atoms with Gasteiger partial charge in [0, 0.05) is 5.92 Å². The van der Waals surface area contributed by atoms with E-state index in [0.717, 1.165) is 19.3 Å². The normalized spacial score (nSPS) is 11.6. The summed E-state index contributed by atoms with van der Waals surface area (Å²) in [7, 11) is 0. The second kappa shape index (κ2) is 10.3. The van der Waals surface area contributed by atoms with E-state index < -0.39 is 0 Å². The molecule has 0 aromatic carbocycles. The second-order valence-corrected chi connectivity index (χ2v) is 3.74. The van der Waals surface area contributed by atoms with E-state index in [9.17, 15) is 4.79 Å². The maximum Gasteiger partial charge on any atom is 0.192 e. The van der Waals surface area contributed by atoms with Gasteiger partial charge in [0.1, 0.15) is 0 Å². The van der Waals surface area contributed by atoms with E-state index in [1.807, 2.05) is 0 Å². The summed E-state index contributed by atoms with van der Waals surface area (Å²) in [6, 6.07) is 0. The molecular formula is C13H22O. The molecular weight excluding hydrogens is 172 g/mol. The van der Waals surface area contributed by atoms with E-state index in [4.69, 9.17) is 0 Å². The summed E-state index contributed by atoms with van der Waals surface area (Å²) in [4.78, 5) is 10.1. The molecule has 1 unspecified atom stereocenters. The molecule has 0 N–H and O–H groups in total. The second-order valence-electron chi connectivity index (χ2n) is 3.74. The van der Waals surface area contributed by atoms with Gasteiger partial charge in [-0.15, -0.1) is 0 Å². The van der Waals surface area contributed by atoms with Crippen molar-refractivity contribution >= 4 is 6.29 Å². The summed E-state index contributed by atoms with van der Waals surface area (Å²) in [5.41, 5.74) is 0. The molecule has 0 radical (unpaired) electrons. The van der Waals surface area contributed by atoms with E-state index >= 15 is 0 Å².